The van der Waals surface area contributed by atoms with E-state index in [0.29, 0.717) is 16.7 Å². The molecule has 0 aliphatic carbocycles. The highest BCUT2D eigenvalue weighted by Gasteiger charge is 2.36. The highest BCUT2D eigenvalue weighted by atomic mass is 35.5. The number of aliphatic carboxylic acids is 1. The normalized spacial score (nSPS) is 19.6. The maximum Gasteiger partial charge on any atom is 0.326 e. The van der Waals surface area contributed by atoms with Crippen LogP contribution < -0.4 is 27.8 Å². The molecule has 17 heteroatoms. The lowest BCUT2D eigenvalue weighted by Crippen LogP contribution is -2.59. The summed E-state index contributed by atoms with van der Waals surface area (Å²) in [7, 11) is 1.25. The number of aliphatic hydroxyl groups excluding tert-OH is 1. The minimum Gasteiger partial charge on any atom is -0.508 e. The number of nitrogens with zero attached hydrogens (tertiary/aromatic N) is 1. The Kier molecular flexibility index (Phi) is 15.2. The van der Waals surface area contributed by atoms with E-state index in [1.54, 1.807) is 24.3 Å². The van der Waals surface area contributed by atoms with Crippen LogP contribution in [0.2, 0.25) is 0 Å². The molecule has 2 aromatic rings. The number of amides is 4. The first-order chi connectivity index (χ1) is 20.7. The van der Waals surface area contributed by atoms with Gasteiger partial charge in [-0.1, -0.05) is 12.1 Å². The maximum atomic E-state index is 13.8. The minimum absolute atomic E-state index is 0. The van der Waals surface area contributed by atoms with Crippen molar-refractivity contribution >= 4 is 54.4 Å². The van der Waals surface area contributed by atoms with E-state index >= 15 is 0 Å². The maximum absolute atomic E-state index is 13.8. The molecular weight excluding hydrogens is 647 g/mol. The molecule has 254 valence electrons. The van der Waals surface area contributed by atoms with E-state index in [-0.39, 0.29) is 80.5 Å². The van der Waals surface area contributed by atoms with E-state index in [1.165, 1.54) is 19.2 Å². The molecule has 12 N–H and O–H groups in total. The smallest absolute Gasteiger partial charge is 0.326 e. The molecule has 4 bridgehead atoms. The number of fused-ring (bicyclic) bond motifs is 5. The molecule has 0 radical (unpaired) electrons. The quantitative estimate of drug-likeness (QED) is 0.153. The van der Waals surface area contributed by atoms with Gasteiger partial charge < -0.3 is 53.2 Å². The van der Waals surface area contributed by atoms with Gasteiger partial charge in [-0.3, -0.25) is 19.2 Å². The fourth-order valence-corrected chi connectivity index (χ4v) is 4.88. The standard InChI is InChI=1S/C29H38N6O9.2ClH/c1-35-22(27(41)33-20(29(43)44)4-7-25(32)39)11-17-9-15(3-6-24(17)38)14-2-5-23(37)16(8-14)10-19(31)26(40)34-21(28(35)42)12-18(36)13-30;;/h2-3,5-6,8-9,18-22,36-38H,4,7,10-13,30-31H2,1H3,(H2,32,39)(H,33,41)(H,34,40)(H,43,44);2*1H/t18-,19+,20+,21-,22-;;/m1../s1. The molecule has 0 aromatic heterocycles. The lowest BCUT2D eigenvalue weighted by atomic mass is 9.95. The van der Waals surface area contributed by atoms with Crippen molar-refractivity contribution in [3.8, 4) is 22.6 Å². The summed E-state index contributed by atoms with van der Waals surface area (Å²) in [6, 6.07) is 3.59. The van der Waals surface area contributed by atoms with E-state index in [2.05, 4.69) is 10.6 Å². The number of carbonyl (C=O) groups excluding carboxylic acids is 4. The average molecular weight is 688 g/mol. The van der Waals surface area contributed by atoms with Gasteiger partial charge in [0.1, 0.15) is 29.6 Å². The summed E-state index contributed by atoms with van der Waals surface area (Å²) in [6.07, 6.45) is -2.64. The summed E-state index contributed by atoms with van der Waals surface area (Å²) in [5.41, 5.74) is 18.6. The number of nitrogens with two attached hydrogens (primary N) is 3. The molecular formula is C29H40Cl2N6O9. The molecule has 0 unspecified atom stereocenters. The zero-order chi connectivity index (χ0) is 32.7. The van der Waals surface area contributed by atoms with Gasteiger partial charge in [-0.05, 0) is 52.9 Å². The van der Waals surface area contributed by atoms with Crippen LogP contribution in [0.4, 0.5) is 0 Å². The van der Waals surface area contributed by atoms with Crippen LogP contribution >= 0.6 is 24.8 Å². The number of phenols is 2. The van der Waals surface area contributed by atoms with Crippen LogP contribution in [0.1, 0.15) is 30.4 Å². The van der Waals surface area contributed by atoms with Crippen molar-refractivity contribution in [1.29, 1.82) is 0 Å². The largest absolute Gasteiger partial charge is 0.508 e. The Hall–Kier alpha value is -4.15. The number of aliphatic hydroxyl groups is 1. The van der Waals surface area contributed by atoms with Gasteiger partial charge in [0, 0.05) is 39.3 Å². The molecule has 0 saturated heterocycles. The van der Waals surface area contributed by atoms with Crippen LogP contribution in [-0.4, -0.2) is 98.8 Å². The summed E-state index contributed by atoms with van der Waals surface area (Å²) >= 11 is 0. The Morgan fingerprint density at radius 2 is 1.57 bits per heavy atom. The van der Waals surface area contributed by atoms with Crippen molar-refractivity contribution in [2.45, 2.75) is 62.4 Å². The highest BCUT2D eigenvalue weighted by molar-refractivity contribution is 5.94. The average Bonchev–Trinajstić information content (AvgIpc) is 2.97. The van der Waals surface area contributed by atoms with Gasteiger partial charge in [-0.15, -0.1) is 24.8 Å². The molecule has 0 fully saturated rings. The molecule has 5 atom stereocenters. The fourth-order valence-electron chi connectivity index (χ4n) is 4.88. The molecule has 15 nitrogen and oxygen atoms in total. The highest BCUT2D eigenvalue weighted by Crippen LogP contribution is 2.31. The van der Waals surface area contributed by atoms with Gasteiger partial charge >= 0.3 is 5.97 Å². The number of likely N-dealkylation sites (N-methyl/N-ethyl adjacent to an activating group) is 1. The number of rotatable bonds is 9. The Bertz CT molecular complexity index is 1430. The SMILES string of the molecule is CN1C(=O)[C@@H](C[C@@H](O)CN)NC(=O)[C@@H](N)Cc2cc(ccc2O)-c2ccc(O)c(c2)C[C@@H]1C(=O)N[C@@H](CCC(N)=O)C(=O)O.Cl.Cl. The monoisotopic (exact) mass is 686 g/mol. The van der Waals surface area contributed by atoms with Gasteiger partial charge in [0.15, 0.2) is 0 Å². The summed E-state index contributed by atoms with van der Waals surface area (Å²) in [5, 5.41) is 45.9. The third-order valence-corrected chi connectivity index (χ3v) is 7.49. The molecule has 1 aliphatic heterocycles. The number of primary amides is 1. The third-order valence-electron chi connectivity index (χ3n) is 7.49. The number of benzene rings is 2. The number of carboxylic acids is 1. The van der Waals surface area contributed by atoms with E-state index in [4.69, 9.17) is 17.2 Å². The van der Waals surface area contributed by atoms with Crippen molar-refractivity contribution in [2.75, 3.05) is 13.6 Å². The topological polar surface area (TPSA) is 272 Å². The molecule has 0 spiro atoms. The molecule has 3 rings (SSSR count). The van der Waals surface area contributed by atoms with Crippen LogP contribution in [0.3, 0.4) is 0 Å². The van der Waals surface area contributed by atoms with Gasteiger partial charge in [0.2, 0.25) is 23.6 Å². The first-order valence-corrected chi connectivity index (χ1v) is 13.9. The molecule has 0 saturated carbocycles. The lowest BCUT2D eigenvalue weighted by Gasteiger charge is -2.32. The Morgan fingerprint density at radius 1 is 1.02 bits per heavy atom. The number of hydrogen-bond donors (Lipinski definition) is 9. The number of aromatic hydroxyl groups is 2. The minimum atomic E-state index is -1.53. The first kappa shape index (κ1) is 39.9. The predicted octanol–water partition coefficient (Wildman–Crippen LogP) is -1.11. The van der Waals surface area contributed by atoms with Crippen molar-refractivity contribution in [3.63, 3.8) is 0 Å². The van der Waals surface area contributed by atoms with E-state index in [9.17, 15) is 44.4 Å². The van der Waals surface area contributed by atoms with Crippen molar-refractivity contribution in [3.05, 3.63) is 47.5 Å². The number of nitrogens with one attached hydrogen (secondary N) is 2. The number of hydrogen-bond acceptors (Lipinski definition) is 10. The van der Waals surface area contributed by atoms with E-state index in [1.807, 2.05) is 0 Å². The molecule has 4 amide bonds. The molecule has 2 aromatic carbocycles. The Balaban J connectivity index is 0.00000529. The second-order valence-corrected chi connectivity index (χ2v) is 10.8. The summed E-state index contributed by atoms with van der Waals surface area (Å²) in [4.78, 5) is 64.7. The molecule has 1 heterocycles. The number of halogens is 2. The van der Waals surface area contributed by atoms with Gasteiger partial charge in [0.25, 0.3) is 0 Å². The second-order valence-electron chi connectivity index (χ2n) is 10.8. The first-order valence-electron chi connectivity index (χ1n) is 13.9. The van der Waals surface area contributed by atoms with Gasteiger partial charge in [0.05, 0.1) is 12.1 Å². The number of phenolic OH excluding ortho intramolecular Hbond substituents is 2. The zero-order valence-electron chi connectivity index (χ0n) is 24.9. The second kappa shape index (κ2) is 17.5. The lowest BCUT2D eigenvalue weighted by molar-refractivity contribution is -0.145. The fraction of sp³-hybridized carbons (Fsp3) is 0.414. The summed E-state index contributed by atoms with van der Waals surface area (Å²) in [6.45, 7) is -0.249. The predicted molar refractivity (Wildman–Crippen MR) is 171 cm³/mol. The van der Waals surface area contributed by atoms with E-state index < -0.39 is 59.9 Å². The van der Waals surface area contributed by atoms with Gasteiger partial charge in [-0.25, -0.2) is 4.79 Å². The third kappa shape index (κ3) is 10.2. The summed E-state index contributed by atoms with van der Waals surface area (Å²) < 4.78 is 0. The molecule has 1 aliphatic rings. The van der Waals surface area contributed by atoms with Crippen molar-refractivity contribution in [1.82, 2.24) is 15.5 Å². The Labute approximate surface area is 277 Å². The van der Waals surface area contributed by atoms with Crippen molar-refractivity contribution in [2.24, 2.45) is 17.2 Å². The van der Waals surface area contributed by atoms with Crippen molar-refractivity contribution < 1.29 is 44.4 Å². The van der Waals surface area contributed by atoms with Crippen LogP contribution in [0.5, 0.6) is 11.5 Å². The molecule has 46 heavy (non-hydrogen) atoms. The van der Waals surface area contributed by atoms with Crippen LogP contribution in [0.25, 0.3) is 11.1 Å². The Morgan fingerprint density at radius 3 is 2.07 bits per heavy atom. The number of carboxylic acid groups (broad SMARTS) is 1. The van der Waals surface area contributed by atoms with Gasteiger partial charge in [-0.2, -0.15) is 0 Å². The van der Waals surface area contributed by atoms with E-state index in [0.717, 1.165) is 4.90 Å². The van der Waals surface area contributed by atoms with Crippen LogP contribution in [0, 0.1) is 0 Å². The zero-order valence-corrected chi connectivity index (χ0v) is 26.6. The van der Waals surface area contributed by atoms with Crippen LogP contribution in [-0.2, 0) is 36.8 Å². The summed E-state index contributed by atoms with van der Waals surface area (Å²) in [5.74, 6) is -5.10. The van der Waals surface area contributed by atoms with Crippen LogP contribution in [0.15, 0.2) is 36.4 Å². The number of carbonyl (C=O) groups is 5.